The van der Waals surface area contributed by atoms with Gasteiger partial charge in [0.1, 0.15) is 5.82 Å². The molecule has 27 heavy (non-hydrogen) atoms. The first kappa shape index (κ1) is 18.0. The zero-order valence-electron chi connectivity index (χ0n) is 15.0. The fourth-order valence-electron chi connectivity index (χ4n) is 3.97. The molecule has 2 aliphatic rings. The molecule has 0 N–H and O–H groups in total. The van der Waals surface area contributed by atoms with Gasteiger partial charge in [0.15, 0.2) is 9.84 Å². The van der Waals surface area contributed by atoms with Gasteiger partial charge >= 0.3 is 6.03 Å². The third-order valence-corrected chi connectivity index (χ3v) is 7.10. The molecular weight excluding hydrogens is 367 g/mol. The van der Waals surface area contributed by atoms with E-state index in [0.717, 1.165) is 12.0 Å². The van der Waals surface area contributed by atoms with Gasteiger partial charge in [-0.1, -0.05) is 37.3 Å². The minimum Gasteiger partial charge on any atom is -0.314 e. The van der Waals surface area contributed by atoms with E-state index in [0.29, 0.717) is 11.3 Å². The summed E-state index contributed by atoms with van der Waals surface area (Å²) < 4.78 is 38.6. The number of amides is 2. The molecule has 0 spiro atoms. The van der Waals surface area contributed by atoms with E-state index in [-0.39, 0.29) is 24.1 Å². The Kier molecular flexibility index (Phi) is 4.42. The van der Waals surface area contributed by atoms with E-state index in [1.807, 2.05) is 31.2 Å². The minimum absolute atomic E-state index is 0.0612. The van der Waals surface area contributed by atoms with Crippen molar-refractivity contribution in [1.82, 2.24) is 4.90 Å². The molecule has 2 aromatic rings. The Morgan fingerprint density at radius 2 is 1.70 bits per heavy atom. The fraction of sp³-hybridized carbons (Fsp3) is 0.350. The predicted octanol–water partition coefficient (Wildman–Crippen LogP) is 3.00. The predicted molar refractivity (Wildman–Crippen MR) is 102 cm³/mol. The summed E-state index contributed by atoms with van der Waals surface area (Å²) in [5.41, 5.74) is 2.21. The summed E-state index contributed by atoms with van der Waals surface area (Å²) >= 11 is 0. The van der Waals surface area contributed by atoms with Crippen molar-refractivity contribution in [2.45, 2.75) is 32.0 Å². The monoisotopic (exact) mass is 388 g/mol. The lowest BCUT2D eigenvalue weighted by atomic mass is 10.1. The molecule has 0 radical (unpaired) electrons. The highest BCUT2D eigenvalue weighted by molar-refractivity contribution is 7.91. The number of fused-ring (bicyclic) bond motifs is 1. The average Bonchev–Trinajstić information content (AvgIpc) is 3.07. The summed E-state index contributed by atoms with van der Waals surface area (Å²) in [4.78, 5) is 16.2. The van der Waals surface area contributed by atoms with Crippen LogP contribution in [0.2, 0.25) is 0 Å². The number of nitrogens with zero attached hydrogens (tertiary/aromatic N) is 2. The molecule has 7 heteroatoms. The Balaban J connectivity index is 1.70. The van der Waals surface area contributed by atoms with Crippen molar-refractivity contribution >= 4 is 21.6 Å². The maximum atomic E-state index is 14.1. The van der Waals surface area contributed by atoms with Crippen LogP contribution in [0.4, 0.5) is 14.9 Å². The van der Waals surface area contributed by atoms with E-state index in [4.69, 9.17) is 0 Å². The summed E-state index contributed by atoms with van der Waals surface area (Å²) in [5, 5.41) is 0. The number of hydrogen-bond acceptors (Lipinski definition) is 3. The van der Waals surface area contributed by atoms with Gasteiger partial charge in [0.2, 0.25) is 0 Å². The normalized spacial score (nSPS) is 23.7. The Morgan fingerprint density at radius 1 is 1.04 bits per heavy atom. The van der Waals surface area contributed by atoms with Crippen LogP contribution in [0.3, 0.4) is 0 Å². The SMILES string of the molecule is CCc1ccc(N2C(=O)N(Cc3ccccc3F)[C@@H]3CS(=O)(=O)C[C@@H]32)cc1. The average molecular weight is 388 g/mol. The van der Waals surface area contributed by atoms with Crippen molar-refractivity contribution in [3.8, 4) is 0 Å². The van der Waals surface area contributed by atoms with Crippen molar-refractivity contribution in [3.05, 3.63) is 65.5 Å². The minimum atomic E-state index is -3.25. The molecule has 0 aromatic heterocycles. The number of carbonyl (C=O) groups is 1. The maximum Gasteiger partial charge on any atom is 0.325 e. The molecule has 0 saturated carbocycles. The topological polar surface area (TPSA) is 57.7 Å². The Bertz CT molecular complexity index is 975. The van der Waals surface area contributed by atoms with Crippen molar-refractivity contribution < 1.29 is 17.6 Å². The van der Waals surface area contributed by atoms with Crippen LogP contribution in [0, 0.1) is 5.82 Å². The van der Waals surface area contributed by atoms with E-state index in [1.165, 1.54) is 11.0 Å². The van der Waals surface area contributed by atoms with Crippen LogP contribution in [0.15, 0.2) is 48.5 Å². The summed E-state index contributed by atoms with van der Waals surface area (Å²) in [6.07, 6.45) is 0.883. The van der Waals surface area contributed by atoms with Crippen LogP contribution in [-0.4, -0.2) is 42.9 Å². The molecule has 2 fully saturated rings. The van der Waals surface area contributed by atoms with Gasteiger partial charge in [-0.15, -0.1) is 0 Å². The number of halogens is 1. The van der Waals surface area contributed by atoms with Crippen molar-refractivity contribution in [2.75, 3.05) is 16.4 Å². The van der Waals surface area contributed by atoms with E-state index < -0.39 is 27.7 Å². The first-order valence-electron chi connectivity index (χ1n) is 9.02. The molecule has 2 aliphatic heterocycles. The van der Waals surface area contributed by atoms with Gasteiger partial charge in [-0.25, -0.2) is 17.6 Å². The standard InChI is InChI=1S/C20H21FN2O3S/c1-2-14-7-9-16(10-8-14)23-19-13-27(25,26)12-18(19)22(20(23)24)11-15-5-3-4-6-17(15)21/h3-10,18-19H,2,11-13H2,1H3/t18-,19+/m1/s1. The first-order valence-corrected chi connectivity index (χ1v) is 10.8. The van der Waals surface area contributed by atoms with Gasteiger partial charge in [-0.3, -0.25) is 4.90 Å². The van der Waals surface area contributed by atoms with Crippen LogP contribution >= 0.6 is 0 Å². The highest BCUT2D eigenvalue weighted by atomic mass is 32.2. The molecule has 0 unspecified atom stereocenters. The smallest absolute Gasteiger partial charge is 0.314 e. The number of anilines is 1. The number of rotatable bonds is 4. The number of aryl methyl sites for hydroxylation is 1. The summed E-state index contributed by atoms with van der Waals surface area (Å²) in [7, 11) is -3.25. The van der Waals surface area contributed by atoms with E-state index in [9.17, 15) is 17.6 Å². The molecule has 2 saturated heterocycles. The largest absolute Gasteiger partial charge is 0.325 e. The maximum absolute atomic E-state index is 14.1. The number of sulfone groups is 1. The molecule has 0 bridgehead atoms. The van der Waals surface area contributed by atoms with Crippen LogP contribution in [0.25, 0.3) is 0 Å². The zero-order valence-corrected chi connectivity index (χ0v) is 15.8. The molecule has 2 amide bonds. The van der Waals surface area contributed by atoms with Gasteiger partial charge < -0.3 is 4.90 Å². The quantitative estimate of drug-likeness (QED) is 0.757. The third kappa shape index (κ3) is 3.20. The number of carbonyl (C=O) groups excluding carboxylic acids is 1. The lowest BCUT2D eigenvalue weighted by Crippen LogP contribution is -2.37. The number of hydrogen-bond donors (Lipinski definition) is 0. The lowest BCUT2D eigenvalue weighted by molar-refractivity contribution is 0.205. The Labute approximate surface area is 158 Å². The zero-order chi connectivity index (χ0) is 19.2. The van der Waals surface area contributed by atoms with Gasteiger partial charge in [0.25, 0.3) is 0 Å². The van der Waals surface area contributed by atoms with Crippen molar-refractivity contribution in [1.29, 1.82) is 0 Å². The molecule has 2 atom stereocenters. The second-order valence-electron chi connectivity index (χ2n) is 7.10. The molecule has 2 aromatic carbocycles. The van der Waals surface area contributed by atoms with E-state index >= 15 is 0 Å². The number of benzene rings is 2. The lowest BCUT2D eigenvalue weighted by Gasteiger charge is -2.23. The Morgan fingerprint density at radius 3 is 2.37 bits per heavy atom. The van der Waals surface area contributed by atoms with E-state index in [1.54, 1.807) is 23.1 Å². The van der Waals surface area contributed by atoms with E-state index in [2.05, 4.69) is 0 Å². The molecule has 4 rings (SSSR count). The van der Waals surface area contributed by atoms with Crippen LogP contribution < -0.4 is 4.90 Å². The molecular formula is C20H21FN2O3S. The third-order valence-electron chi connectivity index (χ3n) is 5.40. The van der Waals surface area contributed by atoms with Crippen molar-refractivity contribution in [2.24, 2.45) is 0 Å². The second kappa shape index (κ2) is 6.64. The van der Waals surface area contributed by atoms with Gasteiger partial charge in [-0.05, 0) is 30.2 Å². The van der Waals surface area contributed by atoms with Gasteiger partial charge in [-0.2, -0.15) is 0 Å². The first-order chi connectivity index (χ1) is 12.9. The highest BCUT2D eigenvalue weighted by Gasteiger charge is 2.53. The van der Waals surface area contributed by atoms with Crippen LogP contribution in [0.1, 0.15) is 18.1 Å². The highest BCUT2D eigenvalue weighted by Crippen LogP contribution is 2.36. The summed E-state index contributed by atoms with van der Waals surface area (Å²) in [6.45, 7) is 2.11. The van der Waals surface area contributed by atoms with Gasteiger partial charge in [0, 0.05) is 11.3 Å². The van der Waals surface area contributed by atoms with Crippen LogP contribution in [-0.2, 0) is 22.8 Å². The fourth-order valence-corrected chi connectivity index (χ4v) is 5.92. The molecule has 5 nitrogen and oxygen atoms in total. The molecule has 0 aliphatic carbocycles. The van der Waals surface area contributed by atoms with Crippen molar-refractivity contribution in [3.63, 3.8) is 0 Å². The second-order valence-corrected chi connectivity index (χ2v) is 9.26. The molecule has 2 heterocycles. The van der Waals surface area contributed by atoms with Crippen LogP contribution in [0.5, 0.6) is 0 Å². The summed E-state index contributed by atoms with van der Waals surface area (Å²) in [5.74, 6) is -0.540. The van der Waals surface area contributed by atoms with Gasteiger partial charge in [0.05, 0.1) is 30.1 Å². The Hall–Kier alpha value is -2.41. The molecule has 142 valence electrons. The number of urea groups is 1. The summed E-state index contributed by atoms with van der Waals surface area (Å²) in [6, 6.07) is 12.7.